The van der Waals surface area contributed by atoms with Crippen LogP contribution in [0.3, 0.4) is 0 Å². The van der Waals surface area contributed by atoms with E-state index in [0.717, 1.165) is 11.1 Å². The van der Waals surface area contributed by atoms with Gasteiger partial charge in [-0.25, -0.2) is 4.57 Å². The van der Waals surface area contributed by atoms with Gasteiger partial charge in [-0.05, 0) is 29.3 Å². The normalized spacial score (nSPS) is 12.3. The highest BCUT2D eigenvalue weighted by molar-refractivity contribution is 5.93. The molecule has 11 heteroatoms. The summed E-state index contributed by atoms with van der Waals surface area (Å²) in [4.78, 5) is 12.8. The van der Waals surface area contributed by atoms with Gasteiger partial charge in [0.2, 0.25) is 0 Å². The lowest BCUT2D eigenvalue weighted by Gasteiger charge is -2.19. The van der Waals surface area contributed by atoms with Gasteiger partial charge in [-0.1, -0.05) is 60.7 Å². The third-order valence-corrected chi connectivity index (χ3v) is 6.38. The Balaban J connectivity index is 0.00000484. The van der Waals surface area contributed by atoms with E-state index in [1.165, 1.54) is 0 Å². The molecule has 4 nitrogen and oxygen atoms in total. The van der Waals surface area contributed by atoms with Crippen molar-refractivity contribution in [2.75, 3.05) is 13.2 Å². The van der Waals surface area contributed by atoms with Crippen LogP contribution in [-0.2, 0) is 30.2 Å². The minimum atomic E-state index is -4.94. The Morgan fingerprint density at radius 1 is 0.762 bits per heavy atom. The lowest BCUT2D eigenvalue weighted by atomic mass is 9.99. The van der Waals surface area contributed by atoms with Crippen molar-refractivity contribution >= 4 is 5.91 Å². The summed E-state index contributed by atoms with van der Waals surface area (Å²) in [7, 11) is 0. The molecular formula is C31H27ClF6N2O2. The van der Waals surface area contributed by atoms with Crippen molar-refractivity contribution in [2.45, 2.75) is 31.4 Å². The molecule has 0 aliphatic carbocycles. The molecule has 0 spiro atoms. The van der Waals surface area contributed by atoms with Gasteiger partial charge < -0.3 is 22.5 Å². The molecule has 1 atom stereocenters. The Labute approximate surface area is 245 Å². The van der Waals surface area contributed by atoms with E-state index < -0.39 is 36.0 Å². The van der Waals surface area contributed by atoms with Crippen molar-refractivity contribution in [2.24, 2.45) is 0 Å². The van der Waals surface area contributed by atoms with Crippen LogP contribution in [0.1, 0.15) is 44.1 Å². The number of nitrogens with zero attached hydrogens (tertiary/aromatic N) is 1. The Kier molecular flexibility index (Phi) is 11.1. The summed E-state index contributed by atoms with van der Waals surface area (Å²) in [5.41, 5.74) is -0.708. The maximum Gasteiger partial charge on any atom is 0.416 e. The number of nitrogens with one attached hydrogen (secondary N) is 1. The van der Waals surface area contributed by atoms with Crippen molar-refractivity contribution in [3.63, 3.8) is 0 Å². The minimum Gasteiger partial charge on any atom is -1.00 e. The molecule has 1 unspecified atom stereocenters. The number of ether oxygens (including phenoxy) is 1. The Hall–Kier alpha value is -3.89. The maximum absolute atomic E-state index is 13.2. The quantitative estimate of drug-likeness (QED) is 0.220. The number of halogens is 7. The number of pyridine rings is 1. The van der Waals surface area contributed by atoms with Gasteiger partial charge in [0, 0.05) is 30.2 Å². The highest BCUT2D eigenvalue weighted by Crippen LogP contribution is 2.36. The second kappa shape index (κ2) is 14.3. The first-order chi connectivity index (χ1) is 19.5. The van der Waals surface area contributed by atoms with E-state index in [9.17, 15) is 31.1 Å². The topological polar surface area (TPSA) is 42.2 Å². The number of carbonyl (C=O) groups excluding carboxylic acids is 1. The van der Waals surface area contributed by atoms with E-state index in [1.54, 1.807) is 54.9 Å². The largest absolute Gasteiger partial charge is 1.00 e. The summed E-state index contributed by atoms with van der Waals surface area (Å²) in [6.45, 7) is 0.267. The summed E-state index contributed by atoms with van der Waals surface area (Å²) < 4.78 is 86.7. The second-order valence-electron chi connectivity index (χ2n) is 9.49. The van der Waals surface area contributed by atoms with Crippen molar-refractivity contribution in [1.82, 2.24) is 5.32 Å². The van der Waals surface area contributed by atoms with Crippen LogP contribution < -0.4 is 22.3 Å². The minimum absolute atomic E-state index is 0. The molecule has 0 aliphatic rings. The molecule has 3 aromatic carbocycles. The molecule has 4 rings (SSSR count). The summed E-state index contributed by atoms with van der Waals surface area (Å²) in [6.07, 6.45) is -6.29. The zero-order valence-electron chi connectivity index (χ0n) is 22.1. The third-order valence-electron chi connectivity index (χ3n) is 6.38. The van der Waals surface area contributed by atoms with Crippen molar-refractivity contribution in [3.8, 4) is 0 Å². The third kappa shape index (κ3) is 9.32. The van der Waals surface area contributed by atoms with Crippen LogP contribution in [0.4, 0.5) is 26.3 Å². The number of amides is 1. The molecule has 4 aromatic rings. The summed E-state index contributed by atoms with van der Waals surface area (Å²) >= 11 is 0. The monoisotopic (exact) mass is 608 g/mol. The average Bonchev–Trinajstić information content (AvgIpc) is 2.95. The summed E-state index contributed by atoms with van der Waals surface area (Å²) in [6, 6.07) is 23.6. The molecule has 1 N–H and O–H groups in total. The summed E-state index contributed by atoms with van der Waals surface area (Å²) in [5, 5.41) is 2.85. The Morgan fingerprint density at radius 2 is 1.31 bits per heavy atom. The number of hydrogen-bond donors (Lipinski definition) is 1. The van der Waals surface area contributed by atoms with Gasteiger partial charge in [-0.2, -0.15) is 26.3 Å². The number of hydrogen-bond acceptors (Lipinski definition) is 2. The van der Waals surface area contributed by atoms with E-state index in [1.807, 2.05) is 34.9 Å². The van der Waals surface area contributed by atoms with Gasteiger partial charge in [0.15, 0.2) is 18.9 Å². The Morgan fingerprint density at radius 3 is 1.86 bits per heavy atom. The van der Waals surface area contributed by atoms with Crippen LogP contribution in [0.5, 0.6) is 0 Å². The first-order valence-electron chi connectivity index (χ1n) is 12.7. The molecule has 222 valence electrons. The van der Waals surface area contributed by atoms with Crippen LogP contribution in [0.25, 0.3) is 0 Å². The van der Waals surface area contributed by atoms with Gasteiger partial charge in [0.25, 0.3) is 5.91 Å². The molecule has 0 radical (unpaired) electrons. The lowest BCUT2D eigenvalue weighted by molar-refractivity contribution is -0.688. The molecule has 0 saturated heterocycles. The second-order valence-corrected chi connectivity index (χ2v) is 9.49. The van der Waals surface area contributed by atoms with Crippen LogP contribution in [0, 0.1) is 0 Å². The molecule has 42 heavy (non-hydrogen) atoms. The standard InChI is InChI=1S/C31H26F6N2O2.ClH/c32-30(33,34)27-15-23(16-28(17-27)31(35,36)37)20-41-21-26(24-9-5-2-6-10-24)18-38-29(40)25-11-13-39(14-12-25)19-22-7-3-1-4-8-22;/h1-17,26H,18-21H2;1H. The fourth-order valence-corrected chi connectivity index (χ4v) is 4.25. The van der Waals surface area contributed by atoms with Gasteiger partial charge in [-0.15, -0.1) is 0 Å². The van der Waals surface area contributed by atoms with E-state index in [0.29, 0.717) is 24.2 Å². The zero-order chi connectivity index (χ0) is 29.5. The Bertz CT molecular complexity index is 1400. The molecular weight excluding hydrogens is 582 g/mol. The van der Waals surface area contributed by atoms with Gasteiger partial charge >= 0.3 is 12.4 Å². The maximum atomic E-state index is 13.2. The van der Waals surface area contributed by atoms with E-state index in [-0.39, 0.29) is 43.1 Å². The molecule has 1 heterocycles. The first-order valence-corrected chi connectivity index (χ1v) is 12.7. The van der Waals surface area contributed by atoms with Gasteiger partial charge in [0.1, 0.15) is 0 Å². The molecule has 0 aliphatic heterocycles. The number of aromatic nitrogens is 1. The average molecular weight is 609 g/mol. The van der Waals surface area contributed by atoms with Crippen molar-refractivity contribution in [1.29, 1.82) is 0 Å². The van der Waals surface area contributed by atoms with E-state index in [2.05, 4.69) is 5.32 Å². The SMILES string of the molecule is O=C(NCC(COCc1cc(C(F)(F)F)cc(C(F)(F)F)c1)c1ccccc1)c1cc[n+](Cc2ccccc2)cc1.[Cl-]. The van der Waals surface area contributed by atoms with Crippen LogP contribution in [0.15, 0.2) is 103 Å². The van der Waals surface area contributed by atoms with Crippen LogP contribution in [0.2, 0.25) is 0 Å². The number of rotatable bonds is 10. The highest BCUT2D eigenvalue weighted by atomic mass is 35.5. The van der Waals surface area contributed by atoms with Crippen molar-refractivity contribution < 1.29 is 52.8 Å². The lowest BCUT2D eigenvalue weighted by Crippen LogP contribution is -3.00. The van der Waals surface area contributed by atoms with Crippen LogP contribution in [-0.4, -0.2) is 19.1 Å². The zero-order valence-corrected chi connectivity index (χ0v) is 22.9. The molecule has 0 saturated carbocycles. The molecule has 1 aromatic heterocycles. The first kappa shape index (κ1) is 32.6. The van der Waals surface area contributed by atoms with E-state index in [4.69, 9.17) is 4.74 Å². The molecule has 0 bridgehead atoms. The smallest absolute Gasteiger partial charge is 0.416 e. The molecule has 0 fully saturated rings. The number of benzene rings is 3. The van der Waals surface area contributed by atoms with Crippen molar-refractivity contribution in [3.05, 3.63) is 137 Å². The van der Waals surface area contributed by atoms with Crippen LogP contribution >= 0.6 is 0 Å². The number of alkyl halides is 6. The summed E-state index contributed by atoms with van der Waals surface area (Å²) in [5.74, 6) is -0.731. The number of carbonyl (C=O) groups is 1. The predicted octanol–water partition coefficient (Wildman–Crippen LogP) is 3.79. The van der Waals surface area contributed by atoms with Gasteiger partial charge in [-0.3, -0.25) is 4.79 Å². The highest BCUT2D eigenvalue weighted by Gasteiger charge is 2.36. The molecule has 1 amide bonds. The fourth-order valence-electron chi connectivity index (χ4n) is 4.25. The fraction of sp³-hybridized carbons (Fsp3) is 0.226. The van der Waals surface area contributed by atoms with Gasteiger partial charge in [0.05, 0.1) is 29.9 Å². The predicted molar refractivity (Wildman–Crippen MR) is 140 cm³/mol. The van der Waals surface area contributed by atoms with E-state index >= 15 is 0 Å².